The van der Waals surface area contributed by atoms with Crippen LogP contribution in [0, 0.1) is 0 Å². The van der Waals surface area contributed by atoms with Crippen LogP contribution in [0.3, 0.4) is 0 Å². The third-order valence-electron chi connectivity index (χ3n) is 6.85. The minimum atomic E-state index is -3.56. The molecule has 2 aromatic carbocycles. The van der Waals surface area contributed by atoms with Crippen molar-refractivity contribution >= 4 is 27.3 Å². The summed E-state index contributed by atoms with van der Waals surface area (Å²) in [6, 6.07) is 12.9. The van der Waals surface area contributed by atoms with E-state index in [1.807, 2.05) is 38.1 Å². The molecule has 8 heteroatoms. The molecule has 7 nitrogen and oxygen atoms in total. The zero-order valence-electron chi connectivity index (χ0n) is 20.4. The molecule has 34 heavy (non-hydrogen) atoms. The molecule has 2 aromatic rings. The molecule has 2 atom stereocenters. The van der Waals surface area contributed by atoms with Gasteiger partial charge in [0.25, 0.3) is 0 Å². The molecule has 0 saturated carbocycles. The van der Waals surface area contributed by atoms with Crippen molar-refractivity contribution in [2.24, 2.45) is 0 Å². The molecular formula is C26H36N4O3S. The summed E-state index contributed by atoms with van der Waals surface area (Å²) in [6.07, 6.45) is 5.85. The molecule has 1 heterocycles. The zero-order valence-corrected chi connectivity index (χ0v) is 21.2. The predicted molar refractivity (Wildman–Crippen MR) is 137 cm³/mol. The molecule has 0 aromatic heterocycles. The van der Waals surface area contributed by atoms with Gasteiger partial charge in [-0.2, -0.15) is 4.31 Å². The average Bonchev–Trinajstić information content (AvgIpc) is 2.84. The number of hydrogen-bond acceptors (Lipinski definition) is 5. The normalized spacial score (nSPS) is 19.7. The molecule has 2 N–H and O–H groups in total. The average molecular weight is 485 g/mol. The van der Waals surface area contributed by atoms with Gasteiger partial charge in [0.15, 0.2) is 0 Å². The van der Waals surface area contributed by atoms with Gasteiger partial charge in [-0.15, -0.1) is 0 Å². The second-order valence-corrected chi connectivity index (χ2v) is 11.5. The fourth-order valence-corrected chi connectivity index (χ4v) is 6.48. The predicted octanol–water partition coefficient (Wildman–Crippen LogP) is 3.92. The highest BCUT2D eigenvalue weighted by atomic mass is 32.2. The first-order valence-corrected chi connectivity index (χ1v) is 13.7. The van der Waals surface area contributed by atoms with Gasteiger partial charge >= 0.3 is 0 Å². The molecule has 0 unspecified atom stereocenters. The first-order valence-electron chi connectivity index (χ1n) is 12.2. The quantitative estimate of drug-likeness (QED) is 0.623. The van der Waals surface area contributed by atoms with E-state index in [2.05, 4.69) is 22.8 Å². The number of carbonyl (C=O) groups is 1. The molecule has 0 spiro atoms. The molecular weight excluding hydrogens is 448 g/mol. The van der Waals surface area contributed by atoms with Crippen LogP contribution in [-0.4, -0.2) is 51.9 Å². The number of fused-ring (bicyclic) bond motifs is 1. The number of amides is 1. The van der Waals surface area contributed by atoms with Gasteiger partial charge in [0, 0.05) is 27.2 Å². The number of anilines is 2. The Balaban J connectivity index is 1.53. The van der Waals surface area contributed by atoms with Crippen LogP contribution in [0.1, 0.15) is 56.2 Å². The van der Waals surface area contributed by atoms with E-state index in [0.717, 1.165) is 44.2 Å². The lowest BCUT2D eigenvalue weighted by Gasteiger charge is -2.29. The van der Waals surface area contributed by atoms with Gasteiger partial charge < -0.3 is 15.5 Å². The van der Waals surface area contributed by atoms with Crippen LogP contribution in [-0.2, 0) is 21.2 Å². The maximum atomic E-state index is 13.2. The lowest BCUT2D eigenvalue weighted by Crippen LogP contribution is -2.40. The zero-order chi connectivity index (χ0) is 24.3. The number of aryl methyl sites for hydroxylation is 1. The van der Waals surface area contributed by atoms with E-state index in [1.165, 1.54) is 11.1 Å². The topological polar surface area (TPSA) is 81.8 Å². The van der Waals surface area contributed by atoms with Crippen molar-refractivity contribution in [1.29, 1.82) is 0 Å². The van der Waals surface area contributed by atoms with E-state index in [-0.39, 0.29) is 16.8 Å². The van der Waals surface area contributed by atoms with Gasteiger partial charge in [-0.25, -0.2) is 8.42 Å². The van der Waals surface area contributed by atoms with E-state index in [1.54, 1.807) is 22.5 Å². The summed E-state index contributed by atoms with van der Waals surface area (Å²) in [5.74, 6) is -0.101. The maximum absolute atomic E-state index is 13.2. The second kappa shape index (κ2) is 10.4. The van der Waals surface area contributed by atoms with Crippen LogP contribution >= 0.6 is 0 Å². The van der Waals surface area contributed by atoms with Crippen molar-refractivity contribution in [3.63, 3.8) is 0 Å². The lowest BCUT2D eigenvalue weighted by molar-refractivity contribution is -0.122. The summed E-state index contributed by atoms with van der Waals surface area (Å²) in [4.78, 5) is 15.3. The highest BCUT2D eigenvalue weighted by molar-refractivity contribution is 7.89. The molecule has 1 aliphatic carbocycles. The summed E-state index contributed by atoms with van der Waals surface area (Å²) >= 11 is 0. The van der Waals surface area contributed by atoms with Gasteiger partial charge in [0.2, 0.25) is 15.9 Å². The Morgan fingerprint density at radius 1 is 1.06 bits per heavy atom. The molecule has 1 fully saturated rings. The Kier molecular flexibility index (Phi) is 7.48. The summed E-state index contributed by atoms with van der Waals surface area (Å²) < 4.78 is 28.0. The Morgan fingerprint density at radius 2 is 1.79 bits per heavy atom. The van der Waals surface area contributed by atoms with Crippen molar-refractivity contribution in [1.82, 2.24) is 9.62 Å². The molecule has 0 radical (unpaired) electrons. The Hall–Kier alpha value is -2.58. The minimum Gasteiger partial charge on any atom is -0.376 e. The SMILES string of the molecule is C[C@H](Nc1cc(S(=O)(=O)N2CCCCC2)ccc1N(C)C)C(=O)N[C@@H]1CCCc2ccccc21. The van der Waals surface area contributed by atoms with E-state index in [9.17, 15) is 13.2 Å². The summed E-state index contributed by atoms with van der Waals surface area (Å²) in [7, 11) is 0.247. The number of piperidine rings is 1. The Bertz CT molecular complexity index is 1130. The summed E-state index contributed by atoms with van der Waals surface area (Å²) in [5.41, 5.74) is 3.96. The van der Waals surface area contributed by atoms with Crippen LogP contribution in [0.2, 0.25) is 0 Å². The molecule has 1 aliphatic heterocycles. The lowest BCUT2D eigenvalue weighted by atomic mass is 9.87. The molecule has 4 rings (SSSR count). The van der Waals surface area contributed by atoms with E-state index in [4.69, 9.17) is 0 Å². The first-order chi connectivity index (χ1) is 16.3. The van der Waals surface area contributed by atoms with Crippen molar-refractivity contribution in [3.05, 3.63) is 53.6 Å². The molecule has 1 amide bonds. The maximum Gasteiger partial charge on any atom is 0.243 e. The Morgan fingerprint density at radius 3 is 2.53 bits per heavy atom. The highest BCUT2D eigenvalue weighted by Gasteiger charge is 2.28. The van der Waals surface area contributed by atoms with E-state index in [0.29, 0.717) is 18.8 Å². The number of nitrogens with zero attached hydrogens (tertiary/aromatic N) is 2. The Labute approximate surface area is 203 Å². The van der Waals surface area contributed by atoms with Crippen molar-refractivity contribution in [3.8, 4) is 0 Å². The van der Waals surface area contributed by atoms with Gasteiger partial charge in [-0.1, -0.05) is 30.7 Å². The molecule has 2 aliphatic rings. The number of nitrogens with one attached hydrogen (secondary N) is 2. The van der Waals surface area contributed by atoms with Crippen LogP contribution in [0.25, 0.3) is 0 Å². The van der Waals surface area contributed by atoms with Gasteiger partial charge in [0.05, 0.1) is 22.3 Å². The number of rotatable bonds is 7. The monoisotopic (exact) mass is 484 g/mol. The van der Waals surface area contributed by atoms with Crippen molar-refractivity contribution in [2.45, 2.75) is 62.4 Å². The summed E-state index contributed by atoms with van der Waals surface area (Å²) in [5, 5.41) is 6.48. The standard InChI is InChI=1S/C26H36N4O3S/c1-19(26(31)28-23-13-9-11-20-10-5-6-12-22(20)23)27-24-18-21(14-15-25(24)29(2)3)34(32,33)30-16-7-4-8-17-30/h5-6,10,12,14-15,18-19,23,27H,4,7-9,11,13,16-17H2,1-3H3,(H,28,31)/t19-,23+/m0/s1. The summed E-state index contributed by atoms with van der Waals surface area (Å²) in [6.45, 7) is 2.93. The third kappa shape index (κ3) is 5.23. The van der Waals surface area contributed by atoms with Gasteiger partial charge in [-0.3, -0.25) is 4.79 Å². The molecule has 1 saturated heterocycles. The van der Waals surface area contributed by atoms with Gasteiger partial charge in [-0.05, 0) is 68.4 Å². The van der Waals surface area contributed by atoms with Crippen molar-refractivity contribution in [2.75, 3.05) is 37.4 Å². The van der Waals surface area contributed by atoms with E-state index >= 15 is 0 Å². The number of benzene rings is 2. The highest BCUT2D eigenvalue weighted by Crippen LogP contribution is 2.32. The fourth-order valence-electron chi connectivity index (χ4n) is 4.93. The van der Waals surface area contributed by atoms with Crippen molar-refractivity contribution < 1.29 is 13.2 Å². The second-order valence-electron chi connectivity index (χ2n) is 9.56. The molecule has 0 bridgehead atoms. The van der Waals surface area contributed by atoms with Crippen LogP contribution in [0.4, 0.5) is 11.4 Å². The van der Waals surface area contributed by atoms with Crippen LogP contribution in [0.5, 0.6) is 0 Å². The minimum absolute atomic E-state index is 0.000771. The third-order valence-corrected chi connectivity index (χ3v) is 8.75. The fraction of sp³-hybridized carbons (Fsp3) is 0.500. The largest absolute Gasteiger partial charge is 0.376 e. The molecule has 184 valence electrons. The van der Waals surface area contributed by atoms with E-state index < -0.39 is 16.1 Å². The number of sulfonamides is 1. The number of carbonyl (C=O) groups excluding carboxylic acids is 1. The van der Waals surface area contributed by atoms with Crippen LogP contribution < -0.4 is 15.5 Å². The first kappa shape index (κ1) is 24.5. The number of hydrogen-bond donors (Lipinski definition) is 2. The van der Waals surface area contributed by atoms with Gasteiger partial charge in [0.1, 0.15) is 6.04 Å². The van der Waals surface area contributed by atoms with Crippen LogP contribution in [0.15, 0.2) is 47.4 Å². The smallest absolute Gasteiger partial charge is 0.243 e.